The van der Waals surface area contributed by atoms with Gasteiger partial charge in [-0.3, -0.25) is 0 Å². The van der Waals surface area contributed by atoms with Crippen LogP contribution in [0.4, 0.5) is 0 Å². The van der Waals surface area contributed by atoms with E-state index in [2.05, 4.69) is 30.0 Å². The van der Waals surface area contributed by atoms with E-state index in [9.17, 15) is 0 Å². The topological polar surface area (TPSA) is 24.8 Å². The quantitative estimate of drug-likeness (QED) is 0.703. The second-order valence-electron chi connectivity index (χ2n) is 4.97. The number of ether oxygens (including phenoxy) is 1. The molecule has 2 atom stereocenters. The molecule has 0 unspecified atom stereocenters. The lowest BCUT2D eigenvalue weighted by Crippen LogP contribution is -2.48. The van der Waals surface area contributed by atoms with Gasteiger partial charge in [0.15, 0.2) is 5.17 Å². The molecule has 0 spiro atoms. The summed E-state index contributed by atoms with van der Waals surface area (Å²) < 4.78 is 6.07. The Morgan fingerprint density at radius 2 is 2.35 bits per heavy atom. The average molecular weight is 246 g/mol. The molecule has 4 heteroatoms. The van der Waals surface area contributed by atoms with Gasteiger partial charge in [0.2, 0.25) is 5.72 Å². The molecule has 1 fully saturated rings. The number of rotatable bonds is 0. The van der Waals surface area contributed by atoms with Crippen molar-refractivity contribution < 1.29 is 4.74 Å². The zero-order valence-electron chi connectivity index (χ0n) is 9.72. The first-order valence-corrected chi connectivity index (χ1v) is 7.01. The zero-order chi connectivity index (χ0) is 11.5. The maximum Gasteiger partial charge on any atom is 0.202 e. The van der Waals surface area contributed by atoms with Crippen LogP contribution in [-0.4, -0.2) is 28.1 Å². The fourth-order valence-electron chi connectivity index (χ4n) is 2.94. The van der Waals surface area contributed by atoms with Crippen LogP contribution in [0.5, 0.6) is 5.75 Å². The van der Waals surface area contributed by atoms with E-state index in [4.69, 9.17) is 9.73 Å². The van der Waals surface area contributed by atoms with E-state index in [-0.39, 0.29) is 5.72 Å². The van der Waals surface area contributed by atoms with Crippen LogP contribution in [-0.2, 0) is 0 Å². The minimum atomic E-state index is -0.359. The van der Waals surface area contributed by atoms with Gasteiger partial charge in [-0.2, -0.15) is 0 Å². The Balaban J connectivity index is 1.90. The third-order valence-corrected chi connectivity index (χ3v) is 4.67. The highest BCUT2D eigenvalue weighted by molar-refractivity contribution is 8.14. The van der Waals surface area contributed by atoms with Crippen LogP contribution in [0, 0.1) is 0 Å². The molecular weight excluding hydrogens is 232 g/mol. The van der Waals surface area contributed by atoms with Crippen LogP contribution >= 0.6 is 11.8 Å². The SMILES string of the molecule is C[C@@]12C[C@@H](c3ccccc3O1)N1CCSC1=N2. The molecule has 0 amide bonds. The van der Waals surface area contributed by atoms with E-state index < -0.39 is 0 Å². The molecule has 1 aromatic carbocycles. The maximum atomic E-state index is 6.07. The van der Waals surface area contributed by atoms with Crippen LogP contribution in [0.3, 0.4) is 0 Å². The predicted octanol–water partition coefficient (Wildman–Crippen LogP) is 2.64. The first kappa shape index (κ1) is 9.83. The number of benzene rings is 1. The second-order valence-corrected chi connectivity index (χ2v) is 6.03. The van der Waals surface area contributed by atoms with E-state index in [1.54, 1.807) is 0 Å². The molecule has 0 aromatic heterocycles. The normalized spacial score (nSPS) is 33.6. The molecule has 1 saturated heterocycles. The van der Waals surface area contributed by atoms with E-state index in [0.717, 1.165) is 24.5 Å². The Kier molecular flexibility index (Phi) is 1.85. The van der Waals surface area contributed by atoms with Gasteiger partial charge in [-0.05, 0) is 13.0 Å². The molecule has 3 aliphatic rings. The fraction of sp³-hybridized carbons (Fsp3) is 0.462. The third-order valence-electron chi connectivity index (χ3n) is 3.70. The molecule has 0 aliphatic carbocycles. The van der Waals surface area contributed by atoms with Crippen LogP contribution in [0.2, 0.25) is 0 Å². The predicted molar refractivity (Wildman–Crippen MR) is 69.4 cm³/mol. The molecule has 2 bridgehead atoms. The van der Waals surface area contributed by atoms with Crippen molar-refractivity contribution in [1.29, 1.82) is 0 Å². The number of nitrogens with zero attached hydrogens (tertiary/aromatic N) is 2. The molecule has 3 heterocycles. The Labute approximate surface area is 105 Å². The lowest BCUT2D eigenvalue weighted by molar-refractivity contribution is 0.0271. The van der Waals surface area contributed by atoms with Gasteiger partial charge >= 0.3 is 0 Å². The molecule has 3 nitrogen and oxygen atoms in total. The molecule has 4 rings (SSSR count). The summed E-state index contributed by atoms with van der Waals surface area (Å²) >= 11 is 1.85. The molecule has 88 valence electrons. The molecule has 3 aliphatic heterocycles. The van der Waals surface area contributed by atoms with Gasteiger partial charge in [0.05, 0.1) is 6.04 Å². The summed E-state index contributed by atoms with van der Waals surface area (Å²) in [6.45, 7) is 3.21. The van der Waals surface area contributed by atoms with E-state index >= 15 is 0 Å². The Bertz CT molecular complexity index is 516. The summed E-state index contributed by atoms with van der Waals surface area (Å²) in [7, 11) is 0. The maximum absolute atomic E-state index is 6.07. The summed E-state index contributed by atoms with van der Waals surface area (Å²) in [5.41, 5.74) is 0.960. The Morgan fingerprint density at radius 3 is 3.29 bits per heavy atom. The van der Waals surface area contributed by atoms with Crippen molar-refractivity contribution in [3.63, 3.8) is 0 Å². The number of para-hydroxylation sites is 1. The monoisotopic (exact) mass is 246 g/mol. The number of fused-ring (bicyclic) bond motifs is 6. The van der Waals surface area contributed by atoms with Gasteiger partial charge in [0.1, 0.15) is 5.75 Å². The van der Waals surface area contributed by atoms with Crippen LogP contribution in [0.25, 0.3) is 0 Å². The molecule has 1 aromatic rings. The molecule has 0 saturated carbocycles. The summed E-state index contributed by atoms with van der Waals surface area (Å²) in [5, 5.41) is 1.17. The smallest absolute Gasteiger partial charge is 0.202 e. The zero-order valence-corrected chi connectivity index (χ0v) is 10.5. The van der Waals surface area contributed by atoms with E-state index in [0.29, 0.717) is 6.04 Å². The Hall–Kier alpha value is -1.16. The highest BCUT2D eigenvalue weighted by Gasteiger charge is 2.46. The summed E-state index contributed by atoms with van der Waals surface area (Å²) in [6, 6.07) is 8.83. The summed E-state index contributed by atoms with van der Waals surface area (Å²) in [6.07, 6.45) is 0.966. The van der Waals surface area contributed by atoms with Crippen molar-refractivity contribution in [2.75, 3.05) is 12.3 Å². The van der Waals surface area contributed by atoms with E-state index in [1.807, 2.05) is 17.8 Å². The molecule has 17 heavy (non-hydrogen) atoms. The standard InChI is InChI=1S/C13H14N2OS/c1-13-8-10(15-6-7-17-12(15)14-13)9-4-2-3-5-11(9)16-13/h2-5,10H,6-8H2,1H3/t10-,13-/m0/s1. The van der Waals surface area contributed by atoms with Crippen molar-refractivity contribution in [2.45, 2.75) is 25.1 Å². The third kappa shape index (κ3) is 1.33. The first-order chi connectivity index (χ1) is 8.25. The van der Waals surface area contributed by atoms with Crippen molar-refractivity contribution in [1.82, 2.24) is 4.90 Å². The minimum Gasteiger partial charge on any atom is -0.466 e. The molecule has 0 N–H and O–H groups in total. The molecular formula is C13H14N2OS. The highest BCUT2D eigenvalue weighted by atomic mass is 32.2. The molecule has 0 radical (unpaired) electrons. The van der Waals surface area contributed by atoms with Gasteiger partial charge in [-0.1, -0.05) is 30.0 Å². The number of hydrogen-bond donors (Lipinski definition) is 0. The minimum absolute atomic E-state index is 0.359. The number of hydrogen-bond acceptors (Lipinski definition) is 4. The van der Waals surface area contributed by atoms with E-state index in [1.165, 1.54) is 10.7 Å². The van der Waals surface area contributed by atoms with Gasteiger partial charge < -0.3 is 9.64 Å². The lowest BCUT2D eigenvalue weighted by atomic mass is 9.91. The average Bonchev–Trinajstić information content (AvgIpc) is 2.75. The van der Waals surface area contributed by atoms with Crippen molar-refractivity contribution in [2.24, 2.45) is 4.99 Å². The van der Waals surface area contributed by atoms with Crippen LogP contribution < -0.4 is 4.74 Å². The van der Waals surface area contributed by atoms with Crippen LogP contribution in [0.15, 0.2) is 29.3 Å². The largest absolute Gasteiger partial charge is 0.466 e. The fourth-order valence-corrected chi connectivity index (χ4v) is 4.06. The van der Waals surface area contributed by atoms with Crippen molar-refractivity contribution in [3.05, 3.63) is 29.8 Å². The van der Waals surface area contributed by atoms with Crippen molar-refractivity contribution in [3.8, 4) is 5.75 Å². The highest BCUT2D eigenvalue weighted by Crippen LogP contribution is 2.48. The van der Waals surface area contributed by atoms with Gasteiger partial charge in [-0.25, -0.2) is 4.99 Å². The number of amidine groups is 1. The van der Waals surface area contributed by atoms with Gasteiger partial charge in [0, 0.05) is 24.3 Å². The summed E-state index contributed by atoms with van der Waals surface area (Å²) in [4.78, 5) is 7.22. The lowest BCUT2D eigenvalue weighted by Gasteiger charge is -2.45. The second kappa shape index (κ2) is 3.19. The summed E-state index contributed by atoms with van der Waals surface area (Å²) in [5.74, 6) is 2.15. The van der Waals surface area contributed by atoms with Gasteiger partial charge in [0.25, 0.3) is 0 Å². The van der Waals surface area contributed by atoms with Gasteiger partial charge in [-0.15, -0.1) is 0 Å². The number of aliphatic imine (C=N–C) groups is 1. The van der Waals surface area contributed by atoms with Crippen molar-refractivity contribution >= 4 is 16.9 Å². The first-order valence-electron chi connectivity index (χ1n) is 6.02. The van der Waals surface area contributed by atoms with Crippen LogP contribution in [0.1, 0.15) is 24.9 Å². The Morgan fingerprint density at radius 1 is 1.47 bits per heavy atom. The number of thioether (sulfide) groups is 1.